The first-order valence-electron chi connectivity index (χ1n) is 12.9. The molecule has 0 aliphatic carbocycles. The first kappa shape index (κ1) is 26.2. The zero-order valence-corrected chi connectivity index (χ0v) is 22.4. The molecule has 1 amide bonds. The summed E-state index contributed by atoms with van der Waals surface area (Å²) in [5, 5.41) is 6.50. The van der Waals surface area contributed by atoms with Gasteiger partial charge in [-0.25, -0.2) is 13.8 Å². The second-order valence-corrected chi connectivity index (χ2v) is 9.83. The summed E-state index contributed by atoms with van der Waals surface area (Å²) in [5.41, 5.74) is 5.45. The van der Waals surface area contributed by atoms with Crippen LogP contribution in [0.15, 0.2) is 67.0 Å². The van der Waals surface area contributed by atoms with Crippen LogP contribution in [-0.2, 0) is 13.0 Å². The number of aryl methyl sites for hydroxylation is 3. The largest absolute Gasteiger partial charge is 0.359 e. The van der Waals surface area contributed by atoms with Crippen molar-refractivity contribution in [2.45, 2.75) is 39.9 Å². The first-order valence-corrected chi connectivity index (χ1v) is 12.9. The highest BCUT2D eigenvalue weighted by atomic mass is 19.2. The molecule has 1 aliphatic rings. The minimum absolute atomic E-state index is 0.121. The Morgan fingerprint density at radius 2 is 1.77 bits per heavy atom. The van der Waals surface area contributed by atoms with Gasteiger partial charge in [0.2, 0.25) is 0 Å². The quantitative estimate of drug-likeness (QED) is 0.291. The second kappa shape index (κ2) is 10.7. The monoisotopic (exact) mass is 527 g/mol. The van der Waals surface area contributed by atoms with Crippen molar-refractivity contribution in [2.24, 2.45) is 0 Å². The molecule has 1 atom stereocenters. The molecule has 4 aromatic rings. The molecule has 3 aromatic carbocycles. The van der Waals surface area contributed by atoms with Crippen LogP contribution in [0.4, 0.5) is 14.5 Å². The minimum atomic E-state index is -0.890. The maximum atomic E-state index is 14.8. The number of halogens is 2. The Hall–Kier alpha value is -4.46. The lowest BCUT2D eigenvalue weighted by atomic mass is 10.0. The van der Waals surface area contributed by atoms with E-state index in [1.165, 1.54) is 12.5 Å². The van der Waals surface area contributed by atoms with Gasteiger partial charge < -0.3 is 15.5 Å². The van der Waals surface area contributed by atoms with Gasteiger partial charge >= 0.3 is 0 Å². The summed E-state index contributed by atoms with van der Waals surface area (Å²) in [6.45, 7) is 6.04. The van der Waals surface area contributed by atoms with E-state index in [9.17, 15) is 13.6 Å². The fourth-order valence-electron chi connectivity index (χ4n) is 4.72. The third-order valence-electron chi connectivity index (χ3n) is 7.09. The fourth-order valence-corrected chi connectivity index (χ4v) is 4.72. The molecule has 0 spiro atoms. The molecular weight excluding hydrogens is 496 g/mol. The number of carbonyl (C=O) groups excluding carboxylic acids is 1. The predicted octanol–water partition coefficient (Wildman–Crippen LogP) is 6.42. The molecule has 1 aliphatic heterocycles. The normalized spacial score (nSPS) is 14.3. The minimum Gasteiger partial charge on any atom is -0.359 e. The van der Waals surface area contributed by atoms with E-state index in [0.717, 1.165) is 16.8 Å². The fraction of sp³-hybridized carbons (Fsp3) is 0.226. The van der Waals surface area contributed by atoms with Gasteiger partial charge in [-0.1, -0.05) is 42.8 Å². The van der Waals surface area contributed by atoms with E-state index in [1.807, 2.05) is 74.5 Å². The molecular formula is C31H31F2N5O. The van der Waals surface area contributed by atoms with Crippen LogP contribution in [0.1, 0.15) is 51.5 Å². The number of nitrogens with one attached hydrogen (secondary N) is 2. The molecule has 2 N–H and O–H groups in total. The number of carbonyl (C=O) groups is 1. The van der Waals surface area contributed by atoms with Crippen LogP contribution in [0.5, 0.6) is 0 Å². The number of aromatic nitrogens is 2. The Bertz CT molecular complexity index is 1560. The topological polar surface area (TPSA) is 62.2 Å². The van der Waals surface area contributed by atoms with Gasteiger partial charge in [0.05, 0.1) is 11.9 Å². The number of hydrogen-bond donors (Lipinski definition) is 2. The maximum absolute atomic E-state index is 14.8. The molecule has 5 rings (SSSR count). The summed E-state index contributed by atoms with van der Waals surface area (Å²) >= 11 is 0. The Labute approximate surface area is 227 Å². The maximum Gasteiger partial charge on any atom is 0.251 e. The van der Waals surface area contributed by atoms with Crippen molar-refractivity contribution in [3.05, 3.63) is 112 Å². The molecule has 39 heavy (non-hydrogen) atoms. The highest BCUT2D eigenvalue weighted by Crippen LogP contribution is 2.33. The van der Waals surface area contributed by atoms with Gasteiger partial charge in [-0.3, -0.25) is 9.36 Å². The van der Waals surface area contributed by atoms with Crippen LogP contribution in [0.2, 0.25) is 0 Å². The van der Waals surface area contributed by atoms with Crippen molar-refractivity contribution in [1.82, 2.24) is 19.8 Å². The Morgan fingerprint density at radius 3 is 2.51 bits per heavy atom. The van der Waals surface area contributed by atoms with Gasteiger partial charge in [0.25, 0.3) is 5.91 Å². The number of imidazole rings is 1. The van der Waals surface area contributed by atoms with E-state index in [-0.39, 0.29) is 23.2 Å². The van der Waals surface area contributed by atoms with Crippen LogP contribution in [0, 0.1) is 25.5 Å². The number of anilines is 1. The first-order chi connectivity index (χ1) is 18.8. The van der Waals surface area contributed by atoms with E-state index < -0.39 is 11.6 Å². The molecule has 1 aromatic heterocycles. The Balaban J connectivity index is 1.37. The van der Waals surface area contributed by atoms with E-state index in [0.29, 0.717) is 30.0 Å². The van der Waals surface area contributed by atoms with E-state index >= 15 is 0 Å². The van der Waals surface area contributed by atoms with Gasteiger partial charge in [-0.05, 0) is 61.2 Å². The Kier molecular flexibility index (Phi) is 7.19. The van der Waals surface area contributed by atoms with Crippen molar-refractivity contribution >= 4 is 17.8 Å². The number of rotatable bonds is 7. The van der Waals surface area contributed by atoms with Gasteiger partial charge in [0, 0.05) is 42.8 Å². The number of benzene rings is 3. The van der Waals surface area contributed by atoms with Crippen LogP contribution in [0.25, 0.3) is 17.5 Å². The van der Waals surface area contributed by atoms with Crippen molar-refractivity contribution < 1.29 is 13.6 Å². The smallest absolute Gasteiger partial charge is 0.251 e. The summed E-state index contributed by atoms with van der Waals surface area (Å²) in [4.78, 5) is 19.5. The van der Waals surface area contributed by atoms with E-state index in [2.05, 4.69) is 15.6 Å². The van der Waals surface area contributed by atoms with Crippen molar-refractivity contribution in [1.29, 1.82) is 0 Å². The zero-order chi connectivity index (χ0) is 27.7. The average molecular weight is 528 g/mol. The van der Waals surface area contributed by atoms with E-state index in [4.69, 9.17) is 0 Å². The highest BCUT2D eigenvalue weighted by molar-refractivity contribution is 5.96. The standard InChI is InChI=1S/C31H31F2N5O/c1-5-22-16-23(11-13-24(22)31(39)35-17-21-9-6-19(2)7-10-21)36-30-29-34-18-26(38(29)15-14-37(30)4)25-12-8-20(3)27(32)28(25)33/h6-16,18,30,36H,5,17H2,1-4H3,(H,35,39). The molecule has 0 radical (unpaired) electrons. The molecule has 1 unspecified atom stereocenters. The molecule has 6 nitrogen and oxygen atoms in total. The third kappa shape index (κ3) is 5.14. The molecule has 0 saturated heterocycles. The zero-order valence-electron chi connectivity index (χ0n) is 22.4. The van der Waals surface area contributed by atoms with Crippen LogP contribution in [-0.4, -0.2) is 27.4 Å². The van der Waals surface area contributed by atoms with Crippen molar-refractivity contribution in [3.63, 3.8) is 0 Å². The van der Waals surface area contributed by atoms with Crippen LogP contribution >= 0.6 is 0 Å². The molecule has 0 bridgehead atoms. The predicted molar refractivity (Wildman–Crippen MR) is 150 cm³/mol. The third-order valence-corrected chi connectivity index (χ3v) is 7.09. The summed E-state index contributed by atoms with van der Waals surface area (Å²) in [7, 11) is 1.91. The van der Waals surface area contributed by atoms with Gasteiger partial charge in [-0.15, -0.1) is 0 Å². The van der Waals surface area contributed by atoms with Gasteiger partial charge in [-0.2, -0.15) is 0 Å². The lowest BCUT2D eigenvalue weighted by Crippen LogP contribution is -2.31. The summed E-state index contributed by atoms with van der Waals surface area (Å²) in [6, 6.07) is 16.9. The van der Waals surface area contributed by atoms with Crippen LogP contribution in [0.3, 0.4) is 0 Å². The van der Waals surface area contributed by atoms with E-state index in [1.54, 1.807) is 29.1 Å². The summed E-state index contributed by atoms with van der Waals surface area (Å²) < 4.78 is 30.8. The van der Waals surface area contributed by atoms with Crippen LogP contribution < -0.4 is 10.6 Å². The lowest BCUT2D eigenvalue weighted by Gasteiger charge is -2.32. The van der Waals surface area contributed by atoms with Crippen molar-refractivity contribution in [2.75, 3.05) is 12.4 Å². The number of nitrogens with zero attached hydrogens (tertiary/aromatic N) is 3. The molecule has 200 valence electrons. The molecule has 0 saturated carbocycles. The molecule has 8 heteroatoms. The number of amides is 1. The second-order valence-electron chi connectivity index (χ2n) is 9.83. The van der Waals surface area contributed by atoms with Gasteiger partial charge in [0.15, 0.2) is 23.6 Å². The molecule has 0 fully saturated rings. The average Bonchev–Trinajstić information content (AvgIpc) is 3.37. The summed E-state index contributed by atoms with van der Waals surface area (Å²) in [5.74, 6) is -1.24. The lowest BCUT2D eigenvalue weighted by molar-refractivity contribution is 0.0950. The van der Waals surface area contributed by atoms with Crippen molar-refractivity contribution in [3.8, 4) is 11.3 Å². The highest BCUT2D eigenvalue weighted by Gasteiger charge is 2.27. The number of fused-ring (bicyclic) bond motifs is 1. The van der Waals surface area contributed by atoms with Gasteiger partial charge in [0.1, 0.15) is 0 Å². The SMILES string of the molecule is CCc1cc(NC2c3ncc(-c4ccc(C)c(F)c4F)n3C=CN2C)ccc1C(=O)NCc1ccc(C)cc1. The molecule has 2 heterocycles. The Morgan fingerprint density at radius 1 is 1.00 bits per heavy atom. The summed E-state index contributed by atoms with van der Waals surface area (Å²) in [6.07, 6.45) is 5.51. The number of hydrogen-bond acceptors (Lipinski definition) is 4.